The van der Waals surface area contributed by atoms with Gasteiger partial charge in [0.2, 0.25) is 10.0 Å². The average Bonchev–Trinajstić information content (AvgIpc) is 3.34. The van der Waals surface area contributed by atoms with Gasteiger partial charge in [-0.05, 0) is 78.2 Å². The Bertz CT molecular complexity index is 1270. The van der Waals surface area contributed by atoms with Gasteiger partial charge in [0.05, 0.1) is 4.90 Å². The maximum absolute atomic E-state index is 13.4. The number of hydrogen-bond donors (Lipinski definition) is 2. The first kappa shape index (κ1) is 23.2. The molecule has 2 N–H and O–H groups in total. The number of sulfonamides is 1. The second kappa shape index (κ2) is 9.23. The number of allylic oxidation sites excluding steroid dienone is 2. The molecule has 8 heteroatoms. The minimum atomic E-state index is -3.60. The summed E-state index contributed by atoms with van der Waals surface area (Å²) in [5.41, 5.74) is 0.182. The van der Waals surface area contributed by atoms with Crippen LogP contribution in [0.1, 0.15) is 51.8 Å². The zero-order valence-electron chi connectivity index (χ0n) is 19.8. The number of nitrogens with zero attached hydrogens (tertiary/aromatic N) is 3. The Morgan fingerprint density at radius 1 is 1.12 bits per heavy atom. The molecule has 0 saturated heterocycles. The minimum absolute atomic E-state index is 0.0412. The number of nitrogens with one attached hydrogen (secondary N) is 2. The predicted molar refractivity (Wildman–Crippen MR) is 132 cm³/mol. The standard InChI is InChI=1S/C26H33N5O2S/c1-26(2)21-15-20(11-5-3-4-6-12-24-27-30-31-28-24)25(23(26)17-21)29-34(32,33)22-14-13-18-9-7-8-10-19(18)16-22/h3,5,7-10,13-14,16,20-21,23,25,29H,4,6,11-12,15,17H2,1-2H3,(H,27,28,30,31)/b5-3-/t20-,21-,23-,25+/m0/s1. The summed E-state index contributed by atoms with van der Waals surface area (Å²) in [6.45, 7) is 4.60. The van der Waals surface area contributed by atoms with E-state index in [1.165, 1.54) is 0 Å². The number of aryl methyl sites for hydroxylation is 1. The summed E-state index contributed by atoms with van der Waals surface area (Å²) >= 11 is 0. The van der Waals surface area contributed by atoms with Crippen molar-refractivity contribution in [1.29, 1.82) is 0 Å². The first-order chi connectivity index (χ1) is 16.3. The van der Waals surface area contributed by atoms with E-state index in [0.29, 0.717) is 22.6 Å². The lowest BCUT2D eigenvalue weighted by Crippen LogP contribution is -2.63. The average molecular weight is 480 g/mol. The molecule has 0 amide bonds. The number of aromatic amines is 1. The Morgan fingerprint density at radius 2 is 1.94 bits per heavy atom. The highest BCUT2D eigenvalue weighted by molar-refractivity contribution is 7.89. The topological polar surface area (TPSA) is 101 Å². The minimum Gasteiger partial charge on any atom is -0.207 e. The van der Waals surface area contributed by atoms with Gasteiger partial charge in [-0.1, -0.05) is 61.5 Å². The summed E-state index contributed by atoms with van der Waals surface area (Å²) in [7, 11) is -3.60. The van der Waals surface area contributed by atoms with Crippen LogP contribution in [0.25, 0.3) is 10.8 Å². The third kappa shape index (κ3) is 4.53. The summed E-state index contributed by atoms with van der Waals surface area (Å²) in [6, 6.07) is 13.2. The number of benzene rings is 2. The van der Waals surface area contributed by atoms with Crippen LogP contribution in [0.5, 0.6) is 0 Å². The number of tetrazole rings is 1. The molecule has 0 spiro atoms. The molecule has 3 aliphatic carbocycles. The van der Waals surface area contributed by atoms with Crippen LogP contribution in [-0.2, 0) is 16.4 Å². The molecule has 1 aromatic heterocycles. The van der Waals surface area contributed by atoms with Crippen molar-refractivity contribution in [1.82, 2.24) is 25.3 Å². The van der Waals surface area contributed by atoms with Gasteiger partial charge in [-0.2, -0.15) is 5.21 Å². The predicted octanol–water partition coefficient (Wildman–Crippen LogP) is 4.65. The fourth-order valence-corrected chi connectivity index (χ4v) is 7.34. The lowest BCUT2D eigenvalue weighted by atomic mass is 9.45. The summed E-state index contributed by atoms with van der Waals surface area (Å²) in [6.07, 6.45) is 10.2. The first-order valence-corrected chi connectivity index (χ1v) is 13.7. The van der Waals surface area contributed by atoms with Crippen LogP contribution in [0, 0.1) is 23.2 Å². The Balaban J connectivity index is 1.27. The highest BCUT2D eigenvalue weighted by Gasteiger charge is 2.58. The molecule has 3 fully saturated rings. The number of aromatic nitrogens is 4. The van der Waals surface area contributed by atoms with Crippen molar-refractivity contribution in [2.45, 2.75) is 63.3 Å². The smallest absolute Gasteiger partial charge is 0.207 e. The van der Waals surface area contributed by atoms with E-state index in [4.69, 9.17) is 0 Å². The lowest BCUT2D eigenvalue weighted by Gasteiger charge is -2.62. The van der Waals surface area contributed by atoms with Crippen molar-refractivity contribution in [3.05, 3.63) is 60.4 Å². The maximum Gasteiger partial charge on any atom is 0.240 e. The third-order valence-electron chi connectivity index (χ3n) is 8.16. The largest absolute Gasteiger partial charge is 0.240 e. The molecule has 3 aliphatic rings. The van der Waals surface area contributed by atoms with E-state index < -0.39 is 10.0 Å². The van der Waals surface area contributed by atoms with E-state index in [-0.39, 0.29) is 11.5 Å². The number of rotatable bonds is 9. The third-order valence-corrected chi connectivity index (χ3v) is 9.62. The van der Waals surface area contributed by atoms with Crippen molar-refractivity contribution in [2.24, 2.45) is 23.2 Å². The highest BCUT2D eigenvalue weighted by atomic mass is 32.2. The highest BCUT2D eigenvalue weighted by Crippen LogP contribution is 2.61. The maximum atomic E-state index is 13.4. The summed E-state index contributed by atoms with van der Waals surface area (Å²) < 4.78 is 30.0. The van der Waals surface area contributed by atoms with Crippen molar-refractivity contribution in [3.8, 4) is 0 Å². The van der Waals surface area contributed by atoms with Gasteiger partial charge in [-0.25, -0.2) is 13.1 Å². The van der Waals surface area contributed by atoms with E-state index in [0.717, 1.165) is 55.1 Å². The van der Waals surface area contributed by atoms with Gasteiger partial charge in [-0.3, -0.25) is 0 Å². The Morgan fingerprint density at radius 3 is 2.71 bits per heavy atom. The molecule has 3 aromatic rings. The van der Waals surface area contributed by atoms with E-state index in [1.54, 1.807) is 12.1 Å². The van der Waals surface area contributed by atoms with Gasteiger partial charge in [0, 0.05) is 12.5 Å². The van der Waals surface area contributed by atoms with E-state index in [1.807, 2.05) is 30.3 Å². The van der Waals surface area contributed by atoms with Gasteiger partial charge in [0.15, 0.2) is 5.82 Å². The van der Waals surface area contributed by atoms with Gasteiger partial charge < -0.3 is 0 Å². The second-order valence-corrected chi connectivity index (χ2v) is 12.2. The molecule has 2 aromatic carbocycles. The molecule has 7 nitrogen and oxygen atoms in total. The fourth-order valence-electron chi connectivity index (χ4n) is 5.96. The Labute approximate surface area is 201 Å². The van der Waals surface area contributed by atoms with Crippen molar-refractivity contribution >= 4 is 20.8 Å². The van der Waals surface area contributed by atoms with Gasteiger partial charge in [-0.15, -0.1) is 10.2 Å². The van der Waals surface area contributed by atoms with Gasteiger partial charge in [0.1, 0.15) is 0 Å². The molecule has 180 valence electrons. The number of hydrogen-bond acceptors (Lipinski definition) is 5. The molecule has 34 heavy (non-hydrogen) atoms. The molecule has 3 saturated carbocycles. The molecule has 0 radical (unpaired) electrons. The van der Waals surface area contributed by atoms with Gasteiger partial charge >= 0.3 is 0 Å². The van der Waals surface area contributed by atoms with Gasteiger partial charge in [0.25, 0.3) is 0 Å². The second-order valence-electron chi connectivity index (χ2n) is 10.4. The monoisotopic (exact) mass is 479 g/mol. The van der Waals surface area contributed by atoms with Crippen molar-refractivity contribution < 1.29 is 8.42 Å². The number of H-pyrrole nitrogens is 1. The summed E-state index contributed by atoms with van der Waals surface area (Å²) in [4.78, 5) is 0.348. The van der Waals surface area contributed by atoms with E-state index >= 15 is 0 Å². The zero-order valence-corrected chi connectivity index (χ0v) is 20.6. The summed E-state index contributed by atoms with van der Waals surface area (Å²) in [5, 5.41) is 16.0. The number of fused-ring (bicyclic) bond motifs is 3. The Kier molecular flexibility index (Phi) is 6.29. The van der Waals surface area contributed by atoms with Crippen LogP contribution in [-0.4, -0.2) is 35.1 Å². The van der Waals surface area contributed by atoms with E-state index in [9.17, 15) is 8.42 Å². The molecule has 4 atom stereocenters. The first-order valence-electron chi connectivity index (χ1n) is 12.2. The molecule has 0 unspecified atom stereocenters. The number of unbranched alkanes of at least 4 members (excludes halogenated alkanes) is 1. The molecular weight excluding hydrogens is 446 g/mol. The molecule has 0 aliphatic heterocycles. The summed E-state index contributed by atoms with van der Waals surface area (Å²) in [5.74, 6) is 2.11. The van der Waals surface area contributed by atoms with Crippen LogP contribution < -0.4 is 4.72 Å². The SMILES string of the molecule is CC1(C)[C@H]2C[C@H](C/C=C\CCCc3nn[nH]n3)[C@@H](NS(=O)(=O)c3ccc4ccccc4c3)[C@@H]1C2. The normalized spacial score (nSPS) is 26.1. The van der Waals surface area contributed by atoms with Crippen LogP contribution in [0.4, 0.5) is 0 Å². The van der Waals surface area contributed by atoms with Crippen molar-refractivity contribution in [2.75, 3.05) is 0 Å². The lowest BCUT2D eigenvalue weighted by molar-refractivity contribution is -0.108. The quantitative estimate of drug-likeness (QED) is 0.344. The Hall–Kier alpha value is -2.58. The van der Waals surface area contributed by atoms with Crippen LogP contribution >= 0.6 is 0 Å². The molecular formula is C26H33N5O2S. The fraction of sp³-hybridized carbons (Fsp3) is 0.500. The molecule has 6 rings (SSSR count). The molecule has 2 bridgehead atoms. The molecule has 1 heterocycles. The van der Waals surface area contributed by atoms with E-state index in [2.05, 4.69) is 51.3 Å². The zero-order chi connectivity index (χ0) is 23.8. The van der Waals surface area contributed by atoms with Crippen molar-refractivity contribution in [3.63, 3.8) is 0 Å². The van der Waals surface area contributed by atoms with Crippen LogP contribution in [0.2, 0.25) is 0 Å². The van der Waals surface area contributed by atoms with Crippen LogP contribution in [0.15, 0.2) is 59.5 Å². The van der Waals surface area contributed by atoms with Crippen LogP contribution in [0.3, 0.4) is 0 Å².